The fourth-order valence-electron chi connectivity index (χ4n) is 1.84. The molecule has 0 bridgehead atoms. The fourth-order valence-corrected chi connectivity index (χ4v) is 1.84. The Bertz CT molecular complexity index is 396. The van der Waals surface area contributed by atoms with Gasteiger partial charge in [-0.05, 0) is 12.1 Å². The van der Waals surface area contributed by atoms with Gasteiger partial charge in [-0.15, -0.1) is 0 Å². The summed E-state index contributed by atoms with van der Waals surface area (Å²) in [7, 11) is 0. The molecule has 4 N–H and O–H groups in total. The van der Waals surface area contributed by atoms with E-state index in [1.165, 1.54) is 6.07 Å². The predicted octanol–water partition coefficient (Wildman–Crippen LogP) is -0.400. The molecule has 0 aromatic heterocycles. The third-order valence-corrected chi connectivity index (χ3v) is 2.84. The Morgan fingerprint density at radius 1 is 1.28 bits per heavy atom. The summed E-state index contributed by atoms with van der Waals surface area (Å²) >= 11 is 0. The van der Waals surface area contributed by atoms with Crippen LogP contribution in [0.25, 0.3) is 0 Å². The van der Waals surface area contributed by atoms with Crippen LogP contribution < -0.4 is 4.74 Å². The lowest BCUT2D eigenvalue weighted by atomic mass is 10.0. The summed E-state index contributed by atoms with van der Waals surface area (Å²) in [5.74, 6) is 0.185. The van der Waals surface area contributed by atoms with Gasteiger partial charge in [-0.3, -0.25) is 0 Å². The number of phenols is 1. The van der Waals surface area contributed by atoms with Crippen LogP contribution in [0, 0.1) is 0 Å². The number of aliphatic hydroxyl groups excluding tert-OH is 3. The van der Waals surface area contributed by atoms with Crippen LogP contribution in [0.2, 0.25) is 0 Å². The molecule has 1 aromatic rings. The number of phenolic OH excluding ortho intramolecular Hbond substituents is 1. The smallest absolute Gasteiger partial charge is 0.203 e. The Kier molecular flexibility index (Phi) is 4.03. The van der Waals surface area contributed by atoms with Crippen molar-refractivity contribution in [3.8, 4) is 11.5 Å². The Morgan fingerprint density at radius 3 is 2.67 bits per heavy atom. The highest BCUT2D eigenvalue weighted by molar-refractivity contribution is 5.38. The first-order valence-electron chi connectivity index (χ1n) is 5.69. The maximum atomic E-state index is 9.61. The minimum atomic E-state index is -1.14. The second-order valence-electron chi connectivity index (χ2n) is 4.17. The molecule has 4 atom stereocenters. The Labute approximate surface area is 104 Å². The van der Waals surface area contributed by atoms with Crippen molar-refractivity contribution < 1.29 is 29.9 Å². The Morgan fingerprint density at radius 2 is 2.00 bits per heavy atom. The van der Waals surface area contributed by atoms with E-state index in [9.17, 15) is 15.3 Å². The van der Waals surface area contributed by atoms with Crippen LogP contribution in [-0.2, 0) is 4.74 Å². The van der Waals surface area contributed by atoms with Crippen LogP contribution in [0.5, 0.6) is 11.5 Å². The molecule has 0 amide bonds. The number of hydrogen-bond acceptors (Lipinski definition) is 6. The molecule has 6 heteroatoms. The van der Waals surface area contributed by atoms with Crippen molar-refractivity contribution in [1.29, 1.82) is 0 Å². The van der Waals surface area contributed by atoms with Crippen LogP contribution in [0.4, 0.5) is 0 Å². The molecular formula is C12H16O6. The van der Waals surface area contributed by atoms with Crippen molar-refractivity contribution >= 4 is 0 Å². The maximum absolute atomic E-state index is 9.61. The standard InChI is InChI=1S/C12H16O6/c13-6-10-12(16)8(15)5-11(18-10)17-9-4-2-1-3-7(9)14/h1-4,8,10-16H,5-6H2/t8-,10-,11+,12+/m1/s1. The molecule has 6 nitrogen and oxygen atoms in total. The van der Waals surface area contributed by atoms with E-state index in [0.717, 1.165) is 0 Å². The van der Waals surface area contributed by atoms with Gasteiger partial charge in [-0.25, -0.2) is 0 Å². The molecule has 1 heterocycles. The number of hydrogen-bond donors (Lipinski definition) is 4. The summed E-state index contributed by atoms with van der Waals surface area (Å²) in [5.41, 5.74) is 0. The lowest BCUT2D eigenvalue weighted by Crippen LogP contribution is -2.51. The lowest BCUT2D eigenvalue weighted by Gasteiger charge is -2.36. The second-order valence-corrected chi connectivity index (χ2v) is 4.17. The van der Waals surface area contributed by atoms with E-state index in [4.69, 9.17) is 14.6 Å². The van der Waals surface area contributed by atoms with E-state index >= 15 is 0 Å². The predicted molar refractivity (Wildman–Crippen MR) is 61.1 cm³/mol. The van der Waals surface area contributed by atoms with E-state index in [2.05, 4.69) is 0 Å². The number of aliphatic hydroxyl groups is 3. The van der Waals surface area contributed by atoms with Crippen molar-refractivity contribution in [2.75, 3.05) is 6.61 Å². The second kappa shape index (κ2) is 5.53. The maximum Gasteiger partial charge on any atom is 0.203 e. The third-order valence-electron chi connectivity index (χ3n) is 2.84. The van der Waals surface area contributed by atoms with Crippen LogP contribution in [-0.4, -0.2) is 51.6 Å². The summed E-state index contributed by atoms with van der Waals surface area (Å²) in [6, 6.07) is 6.36. The molecule has 1 aliphatic rings. The topological polar surface area (TPSA) is 99.4 Å². The Balaban J connectivity index is 2.04. The van der Waals surface area contributed by atoms with Crippen molar-refractivity contribution in [3.05, 3.63) is 24.3 Å². The average Bonchev–Trinajstić information content (AvgIpc) is 2.36. The quantitative estimate of drug-likeness (QED) is 0.587. The van der Waals surface area contributed by atoms with Crippen molar-refractivity contribution in [2.45, 2.75) is 31.0 Å². The van der Waals surface area contributed by atoms with Crippen molar-refractivity contribution in [1.82, 2.24) is 0 Å². The van der Waals surface area contributed by atoms with Gasteiger partial charge in [0.05, 0.1) is 12.7 Å². The van der Waals surface area contributed by atoms with Gasteiger partial charge in [-0.1, -0.05) is 12.1 Å². The van der Waals surface area contributed by atoms with Gasteiger partial charge in [0.1, 0.15) is 12.2 Å². The highest BCUT2D eigenvalue weighted by Crippen LogP contribution is 2.29. The molecule has 1 aliphatic heterocycles. The normalized spacial score (nSPS) is 32.2. The monoisotopic (exact) mass is 256 g/mol. The van der Waals surface area contributed by atoms with Crippen LogP contribution in [0.15, 0.2) is 24.3 Å². The van der Waals surface area contributed by atoms with E-state index in [0.29, 0.717) is 0 Å². The fraction of sp³-hybridized carbons (Fsp3) is 0.500. The molecule has 0 unspecified atom stereocenters. The number of benzene rings is 1. The molecule has 1 aromatic carbocycles. The van der Waals surface area contributed by atoms with Crippen molar-refractivity contribution in [3.63, 3.8) is 0 Å². The molecule has 18 heavy (non-hydrogen) atoms. The highest BCUT2D eigenvalue weighted by Gasteiger charge is 2.37. The summed E-state index contributed by atoms with van der Waals surface area (Å²) in [4.78, 5) is 0. The van der Waals surface area contributed by atoms with E-state index in [-0.39, 0.29) is 17.9 Å². The molecular weight excluding hydrogens is 240 g/mol. The zero-order valence-corrected chi connectivity index (χ0v) is 9.64. The van der Waals surface area contributed by atoms with Gasteiger partial charge >= 0.3 is 0 Å². The number of ether oxygens (including phenoxy) is 2. The minimum Gasteiger partial charge on any atom is -0.504 e. The first kappa shape index (κ1) is 13.1. The zero-order chi connectivity index (χ0) is 13.1. The number of para-hydroxylation sites is 2. The molecule has 0 radical (unpaired) electrons. The zero-order valence-electron chi connectivity index (χ0n) is 9.64. The van der Waals surface area contributed by atoms with Gasteiger partial charge in [0, 0.05) is 6.42 Å². The van der Waals surface area contributed by atoms with Gasteiger partial charge in [0.2, 0.25) is 6.29 Å². The van der Waals surface area contributed by atoms with Gasteiger partial charge in [0.25, 0.3) is 0 Å². The van der Waals surface area contributed by atoms with Crippen LogP contribution in [0.1, 0.15) is 6.42 Å². The van der Waals surface area contributed by atoms with E-state index in [1.807, 2.05) is 0 Å². The molecule has 1 saturated heterocycles. The lowest BCUT2D eigenvalue weighted by molar-refractivity contribution is -0.230. The largest absolute Gasteiger partial charge is 0.504 e. The molecule has 0 spiro atoms. The first-order chi connectivity index (χ1) is 8.61. The highest BCUT2D eigenvalue weighted by atomic mass is 16.7. The Hall–Kier alpha value is -1.34. The molecule has 0 aliphatic carbocycles. The summed E-state index contributed by atoms with van der Waals surface area (Å²) in [5, 5.41) is 37.7. The molecule has 2 rings (SSSR count). The molecule has 1 fully saturated rings. The van der Waals surface area contributed by atoms with Gasteiger partial charge < -0.3 is 29.9 Å². The average molecular weight is 256 g/mol. The minimum absolute atomic E-state index is 0.0396. The van der Waals surface area contributed by atoms with E-state index in [1.54, 1.807) is 18.2 Å². The molecule has 0 saturated carbocycles. The number of rotatable bonds is 3. The van der Waals surface area contributed by atoms with Crippen LogP contribution >= 0.6 is 0 Å². The molecule has 100 valence electrons. The van der Waals surface area contributed by atoms with Crippen molar-refractivity contribution in [2.24, 2.45) is 0 Å². The van der Waals surface area contributed by atoms with Crippen LogP contribution in [0.3, 0.4) is 0 Å². The van der Waals surface area contributed by atoms with Gasteiger partial charge in [-0.2, -0.15) is 0 Å². The summed E-state index contributed by atoms with van der Waals surface area (Å²) < 4.78 is 10.7. The SMILES string of the molecule is OC[C@H]1O[C@H](Oc2ccccc2O)C[C@@H](O)[C@@H]1O. The number of aromatic hydroxyl groups is 1. The first-order valence-corrected chi connectivity index (χ1v) is 5.69. The van der Waals surface area contributed by atoms with E-state index < -0.39 is 31.2 Å². The summed E-state index contributed by atoms with van der Waals surface area (Å²) in [6.07, 6.45) is -3.84. The summed E-state index contributed by atoms with van der Waals surface area (Å²) in [6.45, 7) is -0.418. The third kappa shape index (κ3) is 2.73. The van der Waals surface area contributed by atoms with Gasteiger partial charge in [0.15, 0.2) is 11.5 Å².